The molecule has 3 fully saturated rings. The van der Waals surface area contributed by atoms with Crippen LogP contribution < -0.4 is 15.0 Å². The average molecular weight is 671 g/mol. The Labute approximate surface area is 280 Å². The van der Waals surface area contributed by atoms with Gasteiger partial charge < -0.3 is 15.2 Å². The third-order valence-electron chi connectivity index (χ3n) is 10.3. The van der Waals surface area contributed by atoms with Crippen LogP contribution in [0.2, 0.25) is 0 Å². The summed E-state index contributed by atoms with van der Waals surface area (Å²) >= 11 is 14.6. The van der Waals surface area contributed by atoms with E-state index in [0.29, 0.717) is 28.1 Å². The van der Waals surface area contributed by atoms with Crippen molar-refractivity contribution in [3.8, 4) is 11.5 Å². The molecule has 0 radical (unpaired) electrons. The van der Waals surface area contributed by atoms with Gasteiger partial charge in [-0.2, -0.15) is 0 Å². The average Bonchev–Trinajstić information content (AvgIpc) is 3.40. The van der Waals surface area contributed by atoms with Crippen molar-refractivity contribution >= 4 is 63.9 Å². The van der Waals surface area contributed by atoms with Gasteiger partial charge in [0.25, 0.3) is 11.8 Å². The third kappa shape index (κ3) is 4.15. The van der Waals surface area contributed by atoms with Crippen LogP contribution >= 0.6 is 23.2 Å². The molecule has 3 aromatic carbocycles. The Morgan fingerprint density at radius 1 is 0.894 bits per heavy atom. The normalized spacial score (nSPS) is 31.0. The topological polar surface area (TPSA) is 116 Å². The molecule has 0 aromatic heterocycles. The van der Waals surface area contributed by atoms with Crippen LogP contribution in [0.5, 0.6) is 11.5 Å². The summed E-state index contributed by atoms with van der Waals surface area (Å²) < 4.78 is 5.94. The molecule has 3 aromatic rings. The summed E-state index contributed by atoms with van der Waals surface area (Å²) in [5.41, 5.74) is 4.10. The number of para-hydroxylation sites is 1. The number of carbonyl (C=O) groups is 4. The van der Waals surface area contributed by atoms with E-state index < -0.39 is 45.2 Å². The fourth-order valence-corrected chi connectivity index (χ4v) is 9.23. The molecule has 2 aliphatic carbocycles. The van der Waals surface area contributed by atoms with Crippen LogP contribution in [0, 0.1) is 23.7 Å². The van der Waals surface area contributed by atoms with Gasteiger partial charge in [-0.1, -0.05) is 29.8 Å². The zero-order chi connectivity index (χ0) is 32.8. The van der Waals surface area contributed by atoms with Crippen molar-refractivity contribution in [2.75, 3.05) is 17.3 Å². The Hall–Kier alpha value is -4.60. The minimum absolute atomic E-state index is 0.0491. The summed E-state index contributed by atoms with van der Waals surface area (Å²) in [5, 5.41) is 13.5. The zero-order valence-electron chi connectivity index (χ0n) is 25.2. The van der Waals surface area contributed by atoms with Crippen LogP contribution in [0.4, 0.5) is 17.1 Å². The molecule has 9 nitrogen and oxygen atoms in total. The monoisotopic (exact) mass is 669 g/mol. The summed E-state index contributed by atoms with van der Waals surface area (Å²) in [4.78, 5) is 54.2. The summed E-state index contributed by atoms with van der Waals surface area (Å²) in [7, 11) is 1.36. The second-order valence-corrected chi connectivity index (χ2v) is 14.1. The Balaban J connectivity index is 1.16. The molecule has 238 valence electrons. The first-order valence-corrected chi connectivity index (χ1v) is 16.2. The van der Waals surface area contributed by atoms with Gasteiger partial charge in [0.05, 0.1) is 23.8 Å². The predicted molar refractivity (Wildman–Crippen MR) is 175 cm³/mol. The Morgan fingerprint density at radius 3 is 2.36 bits per heavy atom. The van der Waals surface area contributed by atoms with Crippen LogP contribution in [0.25, 0.3) is 0 Å². The molecule has 6 atom stereocenters. The summed E-state index contributed by atoms with van der Waals surface area (Å²) in [6, 6.07) is 21.5. The number of anilines is 3. The number of phenols is 1. The second kappa shape index (κ2) is 10.5. The number of aromatic hydroxyl groups is 1. The van der Waals surface area contributed by atoms with Gasteiger partial charge in [-0.3, -0.25) is 29.0 Å². The largest absolute Gasteiger partial charge is 0.508 e. The van der Waals surface area contributed by atoms with Gasteiger partial charge in [-0.25, -0.2) is 0 Å². The zero-order valence-corrected chi connectivity index (χ0v) is 26.7. The molecule has 0 spiro atoms. The summed E-state index contributed by atoms with van der Waals surface area (Å²) in [6.07, 6.45) is 3.85. The standard InChI is InChI=1S/C36H29Cl2N3O6/c1-40-33(45)35(37)17-27-25(30(36(35,38)34(40)46)20-15-19-16-24(42)11-14-28(19)47-18-20)12-13-26-29(27)32(44)41(31(26)43)23-9-7-22(8-10-23)39-21-5-3-2-4-6-21/h2-12,14,16,18,26-27,29-30,39,42H,13,15,17H2,1H3. The van der Waals surface area contributed by atoms with Crippen LogP contribution in [0.1, 0.15) is 18.4 Å². The number of phenolic OH excluding ortho intramolecular Hbond substituents is 1. The Kier molecular flexibility index (Phi) is 6.62. The molecule has 47 heavy (non-hydrogen) atoms. The highest BCUT2D eigenvalue weighted by molar-refractivity contribution is 6.53. The van der Waals surface area contributed by atoms with Gasteiger partial charge in [-0.15, -0.1) is 23.2 Å². The maximum absolute atomic E-state index is 14.3. The van der Waals surface area contributed by atoms with Gasteiger partial charge in [0.1, 0.15) is 11.5 Å². The van der Waals surface area contributed by atoms with Gasteiger partial charge in [0, 0.05) is 36.3 Å². The van der Waals surface area contributed by atoms with Crippen molar-refractivity contribution in [2.45, 2.75) is 29.0 Å². The predicted octanol–water partition coefficient (Wildman–Crippen LogP) is 5.68. The molecular formula is C36H29Cl2N3O6. The number of nitrogens with one attached hydrogen (secondary N) is 1. The van der Waals surface area contributed by atoms with E-state index in [1.807, 2.05) is 48.5 Å². The molecule has 6 unspecified atom stereocenters. The number of allylic oxidation sites excluding steroid dienone is 3. The number of benzene rings is 3. The summed E-state index contributed by atoms with van der Waals surface area (Å²) in [5.74, 6) is -4.40. The fourth-order valence-electron chi connectivity index (χ4n) is 8.19. The number of rotatable bonds is 4. The number of imide groups is 2. The first-order chi connectivity index (χ1) is 22.5. The number of likely N-dealkylation sites (tertiary alicyclic amines) is 1. The van der Waals surface area contributed by atoms with Crippen molar-refractivity contribution in [3.05, 3.63) is 102 Å². The number of hydrogen-bond donors (Lipinski definition) is 2. The van der Waals surface area contributed by atoms with E-state index in [4.69, 9.17) is 27.9 Å². The molecule has 2 saturated heterocycles. The van der Waals surface area contributed by atoms with Crippen molar-refractivity contribution in [1.29, 1.82) is 0 Å². The molecule has 1 saturated carbocycles. The van der Waals surface area contributed by atoms with E-state index in [-0.39, 0.29) is 36.8 Å². The maximum Gasteiger partial charge on any atom is 0.253 e. The van der Waals surface area contributed by atoms with Crippen molar-refractivity contribution in [3.63, 3.8) is 0 Å². The third-order valence-corrected chi connectivity index (χ3v) is 11.8. The van der Waals surface area contributed by atoms with Crippen molar-refractivity contribution < 1.29 is 29.0 Å². The minimum Gasteiger partial charge on any atom is -0.508 e. The second-order valence-electron chi connectivity index (χ2n) is 12.8. The number of hydrogen-bond acceptors (Lipinski definition) is 7. The Morgan fingerprint density at radius 2 is 1.62 bits per heavy atom. The quantitative estimate of drug-likeness (QED) is 0.209. The first kappa shape index (κ1) is 29.8. The van der Waals surface area contributed by atoms with Crippen LogP contribution in [0.15, 0.2) is 96.3 Å². The first-order valence-electron chi connectivity index (χ1n) is 15.4. The molecule has 0 bridgehead atoms. The highest BCUT2D eigenvalue weighted by Gasteiger charge is 2.76. The molecule has 5 aliphatic rings. The molecule has 8 rings (SSSR count). The van der Waals surface area contributed by atoms with Crippen LogP contribution in [-0.4, -0.2) is 50.4 Å². The number of nitrogens with zero attached hydrogens (tertiary/aromatic N) is 2. The maximum atomic E-state index is 14.3. The van der Waals surface area contributed by atoms with Gasteiger partial charge >= 0.3 is 0 Å². The molecular weight excluding hydrogens is 641 g/mol. The highest BCUT2D eigenvalue weighted by atomic mass is 35.5. The van der Waals surface area contributed by atoms with Gasteiger partial charge in [-0.05, 0) is 78.9 Å². The molecule has 4 amide bonds. The number of halogens is 2. The van der Waals surface area contributed by atoms with Crippen molar-refractivity contribution in [1.82, 2.24) is 4.90 Å². The molecule has 3 aliphatic heterocycles. The van der Waals surface area contributed by atoms with E-state index in [2.05, 4.69) is 5.32 Å². The van der Waals surface area contributed by atoms with E-state index >= 15 is 0 Å². The van der Waals surface area contributed by atoms with E-state index in [1.165, 1.54) is 24.3 Å². The fraction of sp³-hybridized carbons (Fsp3) is 0.278. The molecule has 11 heteroatoms. The van der Waals surface area contributed by atoms with E-state index in [9.17, 15) is 24.3 Å². The van der Waals surface area contributed by atoms with Gasteiger partial charge in [0.2, 0.25) is 11.8 Å². The molecule has 2 N–H and O–H groups in total. The number of carbonyl (C=O) groups excluding carboxylic acids is 4. The SMILES string of the molecule is CN1C(=O)C2(Cl)CC3C(=CCC4C(=O)N(c5ccc(Nc6ccccc6)cc5)C(=O)C43)C(C3=COc4ccc(O)cc4C3)C2(Cl)C1=O. The lowest BCUT2D eigenvalue weighted by Gasteiger charge is -2.51. The highest BCUT2D eigenvalue weighted by Crippen LogP contribution is 2.64. The number of fused-ring (bicyclic) bond motifs is 5. The lowest BCUT2D eigenvalue weighted by molar-refractivity contribution is -0.138. The minimum atomic E-state index is -1.90. The Bertz CT molecular complexity index is 1950. The summed E-state index contributed by atoms with van der Waals surface area (Å²) in [6.45, 7) is 0. The van der Waals surface area contributed by atoms with E-state index in [0.717, 1.165) is 16.3 Å². The number of amides is 4. The van der Waals surface area contributed by atoms with E-state index in [1.54, 1.807) is 24.3 Å². The molecule has 3 heterocycles. The lowest BCUT2D eigenvalue weighted by Crippen LogP contribution is -2.61. The number of ether oxygens (including phenoxy) is 1. The lowest BCUT2D eigenvalue weighted by atomic mass is 9.56. The smallest absolute Gasteiger partial charge is 0.253 e. The van der Waals surface area contributed by atoms with Crippen molar-refractivity contribution in [2.24, 2.45) is 23.7 Å². The van der Waals surface area contributed by atoms with Crippen LogP contribution in [0.3, 0.4) is 0 Å². The van der Waals surface area contributed by atoms with Crippen LogP contribution in [-0.2, 0) is 25.6 Å². The number of alkyl halides is 2. The van der Waals surface area contributed by atoms with Gasteiger partial charge in [0.15, 0.2) is 9.75 Å².